The van der Waals surface area contributed by atoms with Gasteiger partial charge in [-0.3, -0.25) is 4.79 Å². The molecule has 0 fully saturated rings. The Morgan fingerprint density at radius 2 is 1.71 bits per heavy atom. The van der Waals surface area contributed by atoms with E-state index in [0.29, 0.717) is 23.6 Å². The summed E-state index contributed by atoms with van der Waals surface area (Å²) in [5.74, 6) is -1.74. The van der Waals surface area contributed by atoms with Crippen LogP contribution in [0.25, 0.3) is 10.8 Å². The van der Waals surface area contributed by atoms with Gasteiger partial charge >= 0.3 is 5.97 Å². The van der Waals surface area contributed by atoms with Gasteiger partial charge in [0.05, 0.1) is 16.3 Å². The maximum Gasteiger partial charge on any atom is 0.327 e. The van der Waals surface area contributed by atoms with Crippen molar-refractivity contribution in [3.8, 4) is 0 Å². The molecular formula is C24H24Cl2N2O5S. The summed E-state index contributed by atoms with van der Waals surface area (Å²) in [4.78, 5) is 24.2. The Hall–Kier alpha value is -2.81. The van der Waals surface area contributed by atoms with Crippen molar-refractivity contribution in [2.75, 3.05) is 9.62 Å². The standard InChI is InChI=1S/C24H24Cl2N2O5S/c1-3-4-9-22(24(30)31)28(34(32,33)19-13-17(25)12-18(26)14-19)23-20-8-6-5-7-16(20)10-11-21(23)27-15(2)29/h5-8,10-14,22H,3-4,9H2,1-2H3,(H,27,29)(H,30,31). The smallest absolute Gasteiger partial charge is 0.327 e. The van der Waals surface area contributed by atoms with Crippen LogP contribution in [0.5, 0.6) is 0 Å². The Balaban J connectivity index is 2.42. The summed E-state index contributed by atoms with van der Waals surface area (Å²) in [6.45, 7) is 3.18. The zero-order valence-corrected chi connectivity index (χ0v) is 20.9. The minimum atomic E-state index is -4.49. The van der Waals surface area contributed by atoms with Crippen LogP contribution in [0, 0.1) is 0 Å². The molecule has 0 aromatic heterocycles. The summed E-state index contributed by atoms with van der Waals surface area (Å²) in [6.07, 6.45) is 1.19. The molecule has 0 spiro atoms. The molecule has 180 valence electrons. The van der Waals surface area contributed by atoms with E-state index in [1.54, 1.807) is 36.4 Å². The van der Waals surface area contributed by atoms with E-state index in [4.69, 9.17) is 23.2 Å². The van der Waals surface area contributed by atoms with E-state index in [9.17, 15) is 23.1 Å². The lowest BCUT2D eigenvalue weighted by atomic mass is 10.0. The Kier molecular flexibility index (Phi) is 8.07. The van der Waals surface area contributed by atoms with Crippen molar-refractivity contribution >= 4 is 67.2 Å². The molecular weight excluding hydrogens is 499 g/mol. The van der Waals surface area contributed by atoms with Crippen LogP contribution >= 0.6 is 23.2 Å². The fraction of sp³-hybridized carbons (Fsp3) is 0.250. The van der Waals surface area contributed by atoms with E-state index in [2.05, 4.69) is 5.32 Å². The largest absolute Gasteiger partial charge is 0.480 e. The van der Waals surface area contributed by atoms with E-state index < -0.39 is 27.9 Å². The van der Waals surface area contributed by atoms with Crippen LogP contribution in [-0.4, -0.2) is 31.4 Å². The molecule has 2 N–H and O–H groups in total. The van der Waals surface area contributed by atoms with Crippen molar-refractivity contribution < 1.29 is 23.1 Å². The maximum atomic E-state index is 14.1. The summed E-state index contributed by atoms with van der Waals surface area (Å²) >= 11 is 12.2. The minimum Gasteiger partial charge on any atom is -0.480 e. The number of fused-ring (bicyclic) bond motifs is 1. The lowest BCUT2D eigenvalue weighted by Crippen LogP contribution is -2.46. The molecule has 1 unspecified atom stereocenters. The molecule has 1 amide bonds. The second-order valence-corrected chi connectivity index (χ2v) is 10.5. The van der Waals surface area contributed by atoms with Crippen LogP contribution in [0.4, 0.5) is 11.4 Å². The monoisotopic (exact) mass is 522 g/mol. The number of benzene rings is 3. The van der Waals surface area contributed by atoms with Gasteiger partial charge < -0.3 is 10.4 Å². The maximum absolute atomic E-state index is 14.1. The van der Waals surface area contributed by atoms with Crippen molar-refractivity contribution in [2.45, 2.75) is 44.0 Å². The lowest BCUT2D eigenvalue weighted by Gasteiger charge is -2.33. The first kappa shape index (κ1) is 25.8. The lowest BCUT2D eigenvalue weighted by molar-refractivity contribution is -0.138. The number of anilines is 2. The van der Waals surface area contributed by atoms with Gasteiger partial charge in [0.2, 0.25) is 5.91 Å². The Labute approximate surface area is 208 Å². The number of rotatable bonds is 9. The van der Waals surface area contributed by atoms with Gasteiger partial charge in [0.15, 0.2) is 0 Å². The number of aliphatic carboxylic acids is 1. The number of carboxylic acids is 1. The minimum absolute atomic E-state index is 0.0576. The van der Waals surface area contributed by atoms with Crippen LogP contribution in [0.1, 0.15) is 33.1 Å². The SMILES string of the molecule is CCCCC(C(=O)O)N(c1c(NC(C)=O)ccc2ccccc12)S(=O)(=O)c1cc(Cl)cc(Cl)c1. The molecule has 0 radical (unpaired) electrons. The van der Waals surface area contributed by atoms with Gasteiger partial charge in [0.25, 0.3) is 10.0 Å². The second-order valence-electron chi connectivity index (χ2n) is 7.77. The number of sulfonamides is 1. The summed E-state index contributed by atoms with van der Waals surface area (Å²) in [5, 5.41) is 14.1. The molecule has 3 aromatic rings. The van der Waals surface area contributed by atoms with Crippen molar-refractivity contribution in [2.24, 2.45) is 0 Å². The van der Waals surface area contributed by atoms with Crippen molar-refractivity contribution in [3.05, 3.63) is 64.6 Å². The first-order valence-corrected chi connectivity index (χ1v) is 12.8. The molecule has 0 saturated carbocycles. The second kappa shape index (κ2) is 10.6. The fourth-order valence-corrected chi connectivity index (χ4v) is 6.16. The quantitative estimate of drug-likeness (QED) is 0.361. The van der Waals surface area contributed by atoms with Crippen LogP contribution < -0.4 is 9.62 Å². The molecule has 0 aliphatic heterocycles. The summed E-state index contributed by atoms with van der Waals surface area (Å²) < 4.78 is 29.0. The van der Waals surface area contributed by atoms with Crippen molar-refractivity contribution in [1.29, 1.82) is 0 Å². The summed E-state index contributed by atoms with van der Waals surface area (Å²) in [5.41, 5.74) is 0.235. The summed E-state index contributed by atoms with van der Waals surface area (Å²) in [6, 6.07) is 12.6. The highest BCUT2D eigenvalue weighted by molar-refractivity contribution is 7.93. The number of carboxylic acid groups (broad SMARTS) is 1. The number of hydrogen-bond donors (Lipinski definition) is 2. The average molecular weight is 523 g/mol. The van der Waals surface area contributed by atoms with Gasteiger partial charge in [0, 0.05) is 22.4 Å². The highest BCUT2D eigenvalue weighted by atomic mass is 35.5. The predicted molar refractivity (Wildman–Crippen MR) is 135 cm³/mol. The number of halogens is 2. The third-order valence-electron chi connectivity index (χ3n) is 5.22. The number of carbonyl (C=O) groups excluding carboxylic acids is 1. The third-order valence-corrected chi connectivity index (χ3v) is 7.45. The number of amides is 1. The van der Waals surface area contributed by atoms with E-state index >= 15 is 0 Å². The molecule has 0 saturated heterocycles. The number of carbonyl (C=O) groups is 2. The number of unbranched alkanes of at least 4 members (excludes halogenated alkanes) is 1. The predicted octanol–water partition coefficient (Wildman–Crippen LogP) is 5.94. The van der Waals surface area contributed by atoms with Crippen LogP contribution in [0.15, 0.2) is 59.5 Å². The van der Waals surface area contributed by atoms with Crippen molar-refractivity contribution in [1.82, 2.24) is 0 Å². The van der Waals surface area contributed by atoms with Gasteiger partial charge in [-0.15, -0.1) is 0 Å². The molecule has 34 heavy (non-hydrogen) atoms. The molecule has 1 atom stereocenters. The van der Waals surface area contributed by atoms with Crippen LogP contribution in [0.3, 0.4) is 0 Å². The zero-order chi connectivity index (χ0) is 25.0. The number of nitrogens with zero attached hydrogens (tertiary/aromatic N) is 1. The van der Waals surface area contributed by atoms with Crippen molar-refractivity contribution in [3.63, 3.8) is 0 Å². The summed E-state index contributed by atoms with van der Waals surface area (Å²) in [7, 11) is -4.49. The van der Waals surface area contributed by atoms with E-state index in [1.165, 1.54) is 25.1 Å². The normalized spacial score (nSPS) is 12.4. The number of hydrogen-bond acceptors (Lipinski definition) is 4. The molecule has 0 bridgehead atoms. The zero-order valence-electron chi connectivity index (χ0n) is 18.6. The Morgan fingerprint density at radius 1 is 1.06 bits per heavy atom. The van der Waals surface area contributed by atoms with Gasteiger partial charge in [0.1, 0.15) is 6.04 Å². The molecule has 3 aromatic carbocycles. The molecule has 0 heterocycles. The van der Waals surface area contributed by atoms with E-state index in [-0.39, 0.29) is 32.7 Å². The third kappa shape index (κ3) is 5.46. The molecule has 0 aliphatic carbocycles. The Bertz CT molecular complexity index is 1320. The average Bonchev–Trinajstić information content (AvgIpc) is 2.76. The molecule has 0 aliphatic rings. The van der Waals surface area contributed by atoms with Gasteiger partial charge in [-0.2, -0.15) is 0 Å². The highest BCUT2D eigenvalue weighted by Crippen LogP contribution is 2.40. The number of nitrogens with one attached hydrogen (secondary N) is 1. The van der Waals surface area contributed by atoms with Gasteiger partial charge in [-0.05, 0) is 36.1 Å². The van der Waals surface area contributed by atoms with Crippen LogP contribution in [-0.2, 0) is 19.6 Å². The van der Waals surface area contributed by atoms with E-state index in [1.807, 2.05) is 6.92 Å². The first-order chi connectivity index (χ1) is 16.1. The first-order valence-electron chi connectivity index (χ1n) is 10.6. The topological polar surface area (TPSA) is 104 Å². The van der Waals surface area contributed by atoms with Gasteiger partial charge in [-0.1, -0.05) is 73.3 Å². The molecule has 10 heteroatoms. The fourth-order valence-electron chi connectivity index (χ4n) is 3.76. The highest BCUT2D eigenvalue weighted by Gasteiger charge is 2.38. The molecule has 7 nitrogen and oxygen atoms in total. The van der Waals surface area contributed by atoms with E-state index in [0.717, 1.165) is 4.31 Å². The van der Waals surface area contributed by atoms with Crippen LogP contribution in [0.2, 0.25) is 10.0 Å². The molecule has 3 rings (SSSR count). The van der Waals surface area contributed by atoms with Gasteiger partial charge in [-0.25, -0.2) is 17.5 Å². The Morgan fingerprint density at radius 3 is 2.29 bits per heavy atom.